The van der Waals surface area contributed by atoms with Crippen LogP contribution in [-0.4, -0.2) is 19.0 Å². The zero-order valence-electron chi connectivity index (χ0n) is 20.0. The van der Waals surface area contributed by atoms with Crippen LogP contribution in [0.2, 0.25) is 0 Å². The predicted octanol–water partition coefficient (Wildman–Crippen LogP) is 6.30. The summed E-state index contributed by atoms with van der Waals surface area (Å²) in [4.78, 5) is 0.393. The van der Waals surface area contributed by atoms with Crippen molar-refractivity contribution < 1.29 is 8.42 Å². The molecule has 1 N–H and O–H groups in total. The molecule has 172 valence electrons. The highest BCUT2D eigenvalue weighted by molar-refractivity contribution is 7.89. The second-order valence-corrected chi connectivity index (χ2v) is 10.7. The van der Waals surface area contributed by atoms with E-state index in [9.17, 15) is 8.42 Å². The summed E-state index contributed by atoms with van der Waals surface area (Å²) in [6.45, 7) is 10.4. The first-order valence-electron chi connectivity index (χ1n) is 11.4. The maximum absolute atomic E-state index is 13.3. The summed E-state index contributed by atoms with van der Waals surface area (Å²) in [5, 5.41) is 1.17. The quantitative estimate of drug-likeness (QED) is 0.352. The largest absolute Gasteiger partial charge is 0.345 e. The summed E-state index contributed by atoms with van der Waals surface area (Å²) in [6.07, 6.45) is 2.84. The molecule has 4 rings (SSSR count). The third-order valence-electron chi connectivity index (χ3n) is 6.26. The van der Waals surface area contributed by atoms with Crippen molar-refractivity contribution in [2.75, 3.05) is 0 Å². The third-order valence-corrected chi connectivity index (χ3v) is 8.08. The number of benzene rings is 3. The fraction of sp³-hybridized carbons (Fsp3) is 0.286. The number of fused-ring (bicyclic) bond motifs is 1. The van der Waals surface area contributed by atoms with Crippen LogP contribution < -0.4 is 4.72 Å². The standard InChI is InChI=1S/C28H32N2O2S/c1-6-24(29-33(31,32)28-21(4)15-20(3)16-22(28)5)17-30-18-26(23-13-11-19(2)12-14-23)25-9-7-8-10-27(25)30/h7-16,18,24,29H,6,17H2,1-5H3. The average Bonchev–Trinajstić information content (AvgIpc) is 3.11. The van der Waals surface area contributed by atoms with Gasteiger partial charge in [0.15, 0.2) is 0 Å². The fourth-order valence-corrected chi connectivity index (χ4v) is 6.48. The first-order chi connectivity index (χ1) is 15.7. The van der Waals surface area contributed by atoms with Gasteiger partial charge in [0.1, 0.15) is 0 Å². The highest BCUT2D eigenvalue weighted by Gasteiger charge is 2.24. The molecule has 0 bridgehead atoms. The highest BCUT2D eigenvalue weighted by atomic mass is 32.2. The van der Waals surface area contributed by atoms with Crippen molar-refractivity contribution >= 4 is 20.9 Å². The van der Waals surface area contributed by atoms with Gasteiger partial charge in [-0.25, -0.2) is 13.1 Å². The Kier molecular flexibility index (Phi) is 6.46. The minimum absolute atomic E-state index is 0.225. The SMILES string of the molecule is CCC(Cn1cc(-c2ccc(C)cc2)c2ccccc21)NS(=O)(=O)c1c(C)cc(C)cc1C. The Hall–Kier alpha value is -2.89. The van der Waals surface area contributed by atoms with E-state index in [2.05, 4.69) is 58.8 Å². The van der Waals surface area contributed by atoms with Crippen LogP contribution >= 0.6 is 0 Å². The molecule has 1 unspecified atom stereocenters. The zero-order chi connectivity index (χ0) is 23.8. The van der Waals surface area contributed by atoms with Gasteiger partial charge >= 0.3 is 0 Å². The normalized spacial score (nSPS) is 12.9. The lowest BCUT2D eigenvalue weighted by atomic mass is 10.0. The average molecular weight is 461 g/mol. The Bertz CT molecular complexity index is 1380. The Morgan fingerprint density at radius 3 is 2.15 bits per heavy atom. The summed E-state index contributed by atoms with van der Waals surface area (Å²) in [6, 6.07) is 20.5. The first kappa shape index (κ1) is 23.3. The van der Waals surface area contributed by atoms with Gasteiger partial charge in [-0.1, -0.05) is 72.6 Å². The van der Waals surface area contributed by atoms with Crippen molar-refractivity contribution in [2.24, 2.45) is 0 Å². The topological polar surface area (TPSA) is 51.1 Å². The molecule has 5 heteroatoms. The second-order valence-electron chi connectivity index (χ2n) is 9.03. The van der Waals surface area contributed by atoms with E-state index >= 15 is 0 Å². The number of nitrogens with zero attached hydrogens (tertiary/aromatic N) is 1. The second kappa shape index (κ2) is 9.16. The number of hydrogen-bond acceptors (Lipinski definition) is 2. The molecule has 1 heterocycles. The molecule has 0 saturated carbocycles. The number of sulfonamides is 1. The Morgan fingerprint density at radius 2 is 1.52 bits per heavy atom. The number of aromatic nitrogens is 1. The number of para-hydroxylation sites is 1. The zero-order valence-corrected chi connectivity index (χ0v) is 20.8. The summed E-state index contributed by atoms with van der Waals surface area (Å²) >= 11 is 0. The smallest absolute Gasteiger partial charge is 0.241 e. The number of hydrogen-bond donors (Lipinski definition) is 1. The summed E-state index contributed by atoms with van der Waals surface area (Å²) < 4.78 is 31.9. The van der Waals surface area contributed by atoms with E-state index in [0.717, 1.165) is 33.3 Å². The number of rotatable bonds is 7. The van der Waals surface area contributed by atoms with E-state index in [-0.39, 0.29) is 6.04 Å². The van der Waals surface area contributed by atoms with Gasteiger partial charge in [0.05, 0.1) is 4.90 Å². The van der Waals surface area contributed by atoms with Gasteiger partial charge in [0, 0.05) is 35.2 Å². The molecule has 4 nitrogen and oxygen atoms in total. The molecular weight excluding hydrogens is 428 g/mol. The highest BCUT2D eigenvalue weighted by Crippen LogP contribution is 2.31. The molecule has 0 aliphatic rings. The van der Waals surface area contributed by atoms with Gasteiger partial charge in [-0.15, -0.1) is 0 Å². The van der Waals surface area contributed by atoms with Crippen molar-refractivity contribution in [3.8, 4) is 11.1 Å². The molecule has 0 spiro atoms. The first-order valence-corrected chi connectivity index (χ1v) is 12.9. The lowest BCUT2D eigenvalue weighted by molar-refractivity contribution is 0.491. The van der Waals surface area contributed by atoms with E-state index in [1.54, 1.807) is 0 Å². The molecule has 3 aromatic carbocycles. The minimum atomic E-state index is -3.64. The summed E-state index contributed by atoms with van der Waals surface area (Å²) in [5.74, 6) is 0. The molecule has 0 fully saturated rings. The maximum atomic E-state index is 13.3. The number of nitrogens with one attached hydrogen (secondary N) is 1. The van der Waals surface area contributed by atoms with Gasteiger partial charge in [-0.3, -0.25) is 0 Å². The van der Waals surface area contributed by atoms with E-state index in [0.29, 0.717) is 17.9 Å². The predicted molar refractivity (Wildman–Crippen MR) is 137 cm³/mol. The number of aryl methyl sites for hydroxylation is 4. The minimum Gasteiger partial charge on any atom is -0.345 e. The molecule has 4 aromatic rings. The van der Waals surface area contributed by atoms with Crippen molar-refractivity contribution in [2.45, 2.75) is 58.5 Å². The van der Waals surface area contributed by atoms with Crippen LogP contribution in [0.15, 0.2) is 71.8 Å². The Morgan fingerprint density at radius 1 is 0.879 bits per heavy atom. The molecular formula is C28H32N2O2S. The molecule has 1 aromatic heterocycles. The molecule has 33 heavy (non-hydrogen) atoms. The lowest BCUT2D eigenvalue weighted by Gasteiger charge is -2.20. The van der Waals surface area contributed by atoms with Crippen molar-refractivity contribution in [1.29, 1.82) is 0 Å². The van der Waals surface area contributed by atoms with E-state index in [1.807, 2.05) is 52.0 Å². The third kappa shape index (κ3) is 4.75. The van der Waals surface area contributed by atoms with Crippen molar-refractivity contribution in [3.05, 3.63) is 89.1 Å². The molecule has 0 aliphatic carbocycles. The van der Waals surface area contributed by atoms with E-state index in [4.69, 9.17) is 0 Å². The Labute approximate surface area is 197 Å². The van der Waals surface area contributed by atoms with E-state index < -0.39 is 10.0 Å². The van der Waals surface area contributed by atoms with Crippen molar-refractivity contribution in [1.82, 2.24) is 9.29 Å². The van der Waals surface area contributed by atoms with Gasteiger partial charge in [0.25, 0.3) is 0 Å². The Balaban J connectivity index is 1.68. The van der Waals surface area contributed by atoms with Crippen LogP contribution in [0.25, 0.3) is 22.0 Å². The van der Waals surface area contributed by atoms with Crippen molar-refractivity contribution in [3.63, 3.8) is 0 Å². The van der Waals surface area contributed by atoms with Gasteiger partial charge in [-0.05, 0) is 56.9 Å². The maximum Gasteiger partial charge on any atom is 0.241 e. The van der Waals surface area contributed by atoms with E-state index in [1.165, 1.54) is 10.9 Å². The van der Waals surface area contributed by atoms with Crippen LogP contribution in [0, 0.1) is 27.7 Å². The molecule has 0 radical (unpaired) electrons. The monoisotopic (exact) mass is 460 g/mol. The fourth-order valence-electron chi connectivity index (χ4n) is 4.72. The molecule has 1 atom stereocenters. The van der Waals surface area contributed by atoms with Gasteiger partial charge in [-0.2, -0.15) is 0 Å². The molecule has 0 amide bonds. The van der Waals surface area contributed by atoms with Crippen LogP contribution in [0.5, 0.6) is 0 Å². The van der Waals surface area contributed by atoms with Gasteiger partial charge < -0.3 is 4.57 Å². The summed E-state index contributed by atoms with van der Waals surface area (Å²) in [7, 11) is -3.64. The summed E-state index contributed by atoms with van der Waals surface area (Å²) in [5.41, 5.74) is 7.28. The van der Waals surface area contributed by atoms with Crippen LogP contribution in [0.3, 0.4) is 0 Å². The van der Waals surface area contributed by atoms with Crippen LogP contribution in [0.1, 0.15) is 35.6 Å². The van der Waals surface area contributed by atoms with Gasteiger partial charge in [0.2, 0.25) is 10.0 Å². The lowest BCUT2D eigenvalue weighted by Crippen LogP contribution is -2.38. The van der Waals surface area contributed by atoms with Crippen LogP contribution in [-0.2, 0) is 16.6 Å². The van der Waals surface area contributed by atoms with Crippen LogP contribution in [0.4, 0.5) is 0 Å². The molecule has 0 saturated heterocycles. The molecule has 0 aliphatic heterocycles.